The average molecular weight is 101 g/mol. The molecule has 0 spiro atoms. The van der Waals surface area contributed by atoms with Crippen molar-refractivity contribution in [3.05, 3.63) is 6.42 Å². The van der Waals surface area contributed by atoms with Gasteiger partial charge in [0.1, 0.15) is 0 Å². The van der Waals surface area contributed by atoms with Gasteiger partial charge in [-0.1, -0.05) is 6.92 Å². The Labute approximate surface area is 45.1 Å². The summed E-state index contributed by atoms with van der Waals surface area (Å²) in [6, 6.07) is 0. The zero-order valence-corrected chi connectivity index (χ0v) is 4.78. The van der Waals surface area contributed by atoms with E-state index in [-0.39, 0.29) is 0 Å². The summed E-state index contributed by atoms with van der Waals surface area (Å²) in [5.41, 5.74) is 2.58. The molecule has 0 amide bonds. The fourth-order valence-corrected chi connectivity index (χ4v) is 0.408. The Bertz CT molecular complexity index is 25.3. The van der Waals surface area contributed by atoms with Crippen molar-refractivity contribution in [2.75, 3.05) is 6.54 Å². The van der Waals surface area contributed by atoms with E-state index < -0.39 is 0 Å². The quantitative estimate of drug-likeness (QED) is 0.306. The molecule has 7 heavy (non-hydrogen) atoms. The van der Waals surface area contributed by atoms with Crippen LogP contribution in [0.4, 0.5) is 0 Å². The summed E-state index contributed by atoms with van der Waals surface area (Å²) in [4.78, 5) is 0. The number of nitrogens with two attached hydrogens (primary N) is 1. The lowest BCUT2D eigenvalue weighted by molar-refractivity contribution is 0.675. The van der Waals surface area contributed by atoms with E-state index in [9.17, 15) is 0 Å². The predicted octanol–water partition coefficient (Wildman–Crippen LogP) is 0.454. The molecule has 3 N–H and O–H groups in total. The van der Waals surface area contributed by atoms with Crippen LogP contribution in [0.15, 0.2) is 0 Å². The van der Waals surface area contributed by atoms with Crippen LogP contribution in [0, 0.1) is 6.42 Å². The molecule has 0 aliphatic rings. The first kappa shape index (κ1) is 6.92. The molecule has 0 rings (SSSR count). The zero-order valence-electron chi connectivity index (χ0n) is 4.78. The fraction of sp³-hybridized carbons (Fsp3) is 0.800. The van der Waals surface area contributed by atoms with Crippen LogP contribution in [-0.4, -0.2) is 6.54 Å². The number of hydrogen-bond donors (Lipinski definition) is 2. The van der Waals surface area contributed by atoms with E-state index in [1.165, 1.54) is 0 Å². The molecule has 0 aliphatic carbocycles. The van der Waals surface area contributed by atoms with Gasteiger partial charge in [-0.15, -0.1) is 0 Å². The summed E-state index contributed by atoms with van der Waals surface area (Å²) in [6.07, 6.45) is 4.44. The number of nitrogens with one attached hydrogen (secondary N) is 1. The number of hydrazine groups is 1. The van der Waals surface area contributed by atoms with E-state index in [0.29, 0.717) is 0 Å². The zero-order chi connectivity index (χ0) is 5.54. The third kappa shape index (κ3) is 5.92. The summed E-state index contributed by atoms with van der Waals surface area (Å²) in [7, 11) is 0. The number of hydrogen-bond acceptors (Lipinski definition) is 2. The second-order valence-corrected chi connectivity index (χ2v) is 1.50. The van der Waals surface area contributed by atoms with Crippen LogP contribution in [0.2, 0.25) is 0 Å². The average Bonchev–Trinajstić information content (AvgIpc) is 1.69. The van der Waals surface area contributed by atoms with E-state index in [1.807, 2.05) is 0 Å². The SMILES string of the molecule is C[CH]CCCNN. The van der Waals surface area contributed by atoms with Gasteiger partial charge in [-0.25, -0.2) is 0 Å². The molecule has 0 atom stereocenters. The highest BCUT2D eigenvalue weighted by molar-refractivity contribution is 4.54. The largest absolute Gasteiger partial charge is 0.271 e. The van der Waals surface area contributed by atoms with E-state index >= 15 is 0 Å². The molecule has 0 unspecified atom stereocenters. The highest BCUT2D eigenvalue weighted by Crippen LogP contribution is 1.87. The van der Waals surface area contributed by atoms with Gasteiger partial charge in [0.05, 0.1) is 0 Å². The maximum atomic E-state index is 5.01. The molecule has 0 bridgehead atoms. The van der Waals surface area contributed by atoms with Crippen molar-refractivity contribution in [2.45, 2.75) is 19.8 Å². The van der Waals surface area contributed by atoms with E-state index in [1.54, 1.807) is 0 Å². The molecule has 0 heterocycles. The van der Waals surface area contributed by atoms with Gasteiger partial charge < -0.3 is 0 Å². The first-order valence-electron chi connectivity index (χ1n) is 2.63. The standard InChI is InChI=1S/C5H13N2/c1-2-3-4-5-7-6/h2,7H,3-6H2,1H3. The van der Waals surface area contributed by atoms with Gasteiger partial charge in [-0.2, -0.15) is 0 Å². The van der Waals surface area contributed by atoms with Gasteiger partial charge in [-0.3, -0.25) is 11.3 Å². The fourth-order valence-electron chi connectivity index (χ4n) is 0.408. The molecule has 0 aromatic heterocycles. The Morgan fingerprint density at radius 2 is 2.43 bits per heavy atom. The van der Waals surface area contributed by atoms with Crippen molar-refractivity contribution < 1.29 is 0 Å². The number of unbranched alkanes of at least 4 members (excludes halogenated alkanes) is 2. The first-order valence-corrected chi connectivity index (χ1v) is 2.63. The molecule has 0 aliphatic heterocycles. The summed E-state index contributed by atoms with van der Waals surface area (Å²) in [6.45, 7) is 2.97. The Morgan fingerprint density at radius 1 is 1.71 bits per heavy atom. The van der Waals surface area contributed by atoms with Crippen LogP contribution in [0.5, 0.6) is 0 Å². The highest BCUT2D eigenvalue weighted by Gasteiger charge is 1.79. The van der Waals surface area contributed by atoms with Crippen molar-refractivity contribution in [1.29, 1.82) is 0 Å². The molecule has 0 aromatic rings. The molecule has 2 heteroatoms. The summed E-state index contributed by atoms with van der Waals surface area (Å²) in [5, 5.41) is 0. The maximum absolute atomic E-state index is 5.01. The van der Waals surface area contributed by atoms with E-state index in [0.717, 1.165) is 19.4 Å². The van der Waals surface area contributed by atoms with Crippen LogP contribution in [-0.2, 0) is 0 Å². The minimum atomic E-state index is 0.921. The molecule has 0 saturated heterocycles. The van der Waals surface area contributed by atoms with Gasteiger partial charge in [0.15, 0.2) is 0 Å². The van der Waals surface area contributed by atoms with Crippen LogP contribution in [0.25, 0.3) is 0 Å². The van der Waals surface area contributed by atoms with Crippen molar-refractivity contribution >= 4 is 0 Å². The highest BCUT2D eigenvalue weighted by atomic mass is 15.2. The van der Waals surface area contributed by atoms with E-state index in [2.05, 4.69) is 18.8 Å². The first-order chi connectivity index (χ1) is 3.41. The summed E-state index contributed by atoms with van der Waals surface area (Å²) < 4.78 is 0. The summed E-state index contributed by atoms with van der Waals surface area (Å²) >= 11 is 0. The monoisotopic (exact) mass is 101 g/mol. The van der Waals surface area contributed by atoms with Crippen LogP contribution >= 0.6 is 0 Å². The maximum Gasteiger partial charge on any atom is 0.00975 e. The third-order valence-corrected chi connectivity index (χ3v) is 0.814. The van der Waals surface area contributed by atoms with Crippen LogP contribution in [0.1, 0.15) is 19.8 Å². The molecule has 0 saturated carbocycles. The van der Waals surface area contributed by atoms with Gasteiger partial charge in [0, 0.05) is 6.54 Å². The van der Waals surface area contributed by atoms with Gasteiger partial charge in [0.25, 0.3) is 0 Å². The third-order valence-electron chi connectivity index (χ3n) is 0.814. The topological polar surface area (TPSA) is 38.0 Å². The lowest BCUT2D eigenvalue weighted by Gasteiger charge is -1.93. The van der Waals surface area contributed by atoms with Crippen molar-refractivity contribution in [3.8, 4) is 0 Å². The van der Waals surface area contributed by atoms with Crippen LogP contribution in [0.3, 0.4) is 0 Å². The second kappa shape index (κ2) is 5.92. The van der Waals surface area contributed by atoms with Crippen molar-refractivity contribution in [3.63, 3.8) is 0 Å². The smallest absolute Gasteiger partial charge is 0.00975 e. The molecule has 0 aromatic carbocycles. The second-order valence-electron chi connectivity index (χ2n) is 1.50. The Kier molecular flexibility index (Phi) is 5.85. The van der Waals surface area contributed by atoms with Gasteiger partial charge >= 0.3 is 0 Å². The predicted molar refractivity (Wildman–Crippen MR) is 31.4 cm³/mol. The normalized spacial score (nSPS) is 9.43. The minimum Gasteiger partial charge on any atom is -0.271 e. The van der Waals surface area contributed by atoms with Crippen LogP contribution < -0.4 is 11.3 Å². The molecular weight excluding hydrogens is 88.1 g/mol. The minimum absolute atomic E-state index is 0.921. The molecule has 1 radical (unpaired) electrons. The summed E-state index contributed by atoms with van der Waals surface area (Å²) in [5.74, 6) is 5.01. The molecular formula is C5H13N2. The number of rotatable bonds is 4. The van der Waals surface area contributed by atoms with Crippen molar-refractivity contribution in [2.24, 2.45) is 5.84 Å². The Hall–Kier alpha value is -0.0800. The lowest BCUT2D eigenvalue weighted by atomic mass is 10.3. The van der Waals surface area contributed by atoms with Gasteiger partial charge in [0.2, 0.25) is 0 Å². The molecule has 43 valence electrons. The molecule has 0 fully saturated rings. The Balaban J connectivity index is 2.45. The van der Waals surface area contributed by atoms with E-state index in [4.69, 9.17) is 5.84 Å². The molecule has 2 nitrogen and oxygen atoms in total. The Morgan fingerprint density at radius 3 is 2.86 bits per heavy atom. The lowest BCUT2D eigenvalue weighted by Crippen LogP contribution is -2.22. The van der Waals surface area contributed by atoms with Gasteiger partial charge in [-0.05, 0) is 19.3 Å². The van der Waals surface area contributed by atoms with Crippen molar-refractivity contribution in [1.82, 2.24) is 5.43 Å².